The minimum Gasteiger partial charge on any atom is -0.339 e. The Morgan fingerprint density at radius 1 is 0.911 bits per heavy atom. The van der Waals surface area contributed by atoms with Crippen molar-refractivity contribution in [1.82, 2.24) is 19.7 Å². The van der Waals surface area contributed by atoms with E-state index < -0.39 is 24.5 Å². The van der Waals surface area contributed by atoms with Crippen LogP contribution >= 0.6 is 0 Å². The van der Waals surface area contributed by atoms with Gasteiger partial charge < -0.3 is 4.90 Å². The number of hydrogen-bond donors (Lipinski definition) is 0. The van der Waals surface area contributed by atoms with Crippen LogP contribution in [0.3, 0.4) is 0 Å². The van der Waals surface area contributed by atoms with Gasteiger partial charge in [0.1, 0.15) is 5.82 Å². The average molecular weight is 631 g/mol. The number of amides is 1. The Labute approximate surface area is 259 Å². The highest BCUT2D eigenvalue weighted by Gasteiger charge is 2.35. The molecular formula is C34H36F6N4O. The maximum Gasteiger partial charge on any atom is 0.416 e. The number of carbonyl (C=O) groups excluding carboxylic acids is 1. The van der Waals surface area contributed by atoms with Crippen LogP contribution < -0.4 is 0 Å². The van der Waals surface area contributed by atoms with Gasteiger partial charge in [-0.2, -0.15) is 13.2 Å². The first-order chi connectivity index (χ1) is 21.6. The smallest absolute Gasteiger partial charge is 0.339 e. The van der Waals surface area contributed by atoms with Crippen molar-refractivity contribution in [2.24, 2.45) is 0 Å². The monoisotopic (exact) mass is 630 g/mol. The molecule has 1 fully saturated rings. The Balaban J connectivity index is 0.00000148. The maximum atomic E-state index is 13.6. The molecule has 4 aromatic rings. The molecule has 1 saturated heterocycles. The van der Waals surface area contributed by atoms with E-state index in [1.165, 1.54) is 6.07 Å². The molecule has 240 valence electrons. The van der Waals surface area contributed by atoms with Crippen LogP contribution in [-0.4, -0.2) is 71.8 Å². The highest BCUT2D eigenvalue weighted by Crippen LogP contribution is 2.36. The zero-order valence-electron chi connectivity index (χ0n) is 25.2. The number of nitrogens with zero attached hydrogens (tertiary/aromatic N) is 4. The van der Waals surface area contributed by atoms with Crippen molar-refractivity contribution in [3.8, 4) is 0 Å². The van der Waals surface area contributed by atoms with E-state index in [2.05, 4.69) is 16.0 Å². The van der Waals surface area contributed by atoms with Crippen LogP contribution in [0.15, 0.2) is 79.0 Å². The number of alkyl halides is 5. The van der Waals surface area contributed by atoms with Gasteiger partial charge in [0, 0.05) is 68.5 Å². The molecular weight excluding hydrogens is 594 g/mol. The largest absolute Gasteiger partial charge is 0.416 e. The summed E-state index contributed by atoms with van der Waals surface area (Å²) in [6.45, 7) is 5.82. The first-order valence-electron chi connectivity index (χ1n) is 14.8. The lowest BCUT2D eigenvalue weighted by Crippen LogP contribution is -2.47. The first-order valence-corrected chi connectivity index (χ1v) is 14.8. The lowest BCUT2D eigenvalue weighted by atomic mass is 9.93. The fourth-order valence-electron chi connectivity index (χ4n) is 5.81. The van der Waals surface area contributed by atoms with Gasteiger partial charge in [-0.25, -0.2) is 13.2 Å². The molecule has 1 aromatic heterocycles. The summed E-state index contributed by atoms with van der Waals surface area (Å²) in [5, 5.41) is 1.02. The third-order valence-electron chi connectivity index (χ3n) is 8.03. The number of fused-ring (bicyclic) bond motifs is 1. The molecule has 11 heteroatoms. The summed E-state index contributed by atoms with van der Waals surface area (Å²) in [7, 11) is 0. The van der Waals surface area contributed by atoms with Crippen LogP contribution in [0.1, 0.15) is 52.5 Å². The average Bonchev–Trinajstić information content (AvgIpc) is 3.04. The molecule has 45 heavy (non-hydrogen) atoms. The topological polar surface area (TPSA) is 39.7 Å². The van der Waals surface area contributed by atoms with Crippen molar-refractivity contribution in [1.29, 1.82) is 0 Å². The quantitative estimate of drug-likeness (QED) is 0.188. The number of hydrogen-bond acceptors (Lipinski definition) is 4. The molecule has 1 atom stereocenters. The van der Waals surface area contributed by atoms with E-state index in [0.29, 0.717) is 50.9 Å². The zero-order chi connectivity index (χ0) is 32.6. The van der Waals surface area contributed by atoms with E-state index >= 15 is 0 Å². The number of para-hydroxylation sites is 1. The van der Waals surface area contributed by atoms with Crippen molar-refractivity contribution in [3.05, 3.63) is 113 Å². The van der Waals surface area contributed by atoms with E-state index in [4.69, 9.17) is 0 Å². The predicted molar refractivity (Wildman–Crippen MR) is 163 cm³/mol. The van der Waals surface area contributed by atoms with Crippen LogP contribution in [0.2, 0.25) is 0 Å². The summed E-state index contributed by atoms with van der Waals surface area (Å²) in [4.78, 5) is 23.7. The van der Waals surface area contributed by atoms with Gasteiger partial charge in [-0.1, -0.05) is 42.5 Å². The van der Waals surface area contributed by atoms with Gasteiger partial charge in [-0.15, -0.1) is 0 Å². The van der Waals surface area contributed by atoms with Gasteiger partial charge in [-0.05, 0) is 55.3 Å². The van der Waals surface area contributed by atoms with E-state index in [-0.39, 0.29) is 24.1 Å². The van der Waals surface area contributed by atoms with Crippen molar-refractivity contribution >= 4 is 16.8 Å². The molecule has 1 aliphatic heterocycles. The Kier molecular flexibility index (Phi) is 11.6. The van der Waals surface area contributed by atoms with E-state index in [9.17, 15) is 31.1 Å². The molecule has 2 heterocycles. The van der Waals surface area contributed by atoms with Gasteiger partial charge in [0.05, 0.1) is 17.1 Å². The number of benzene rings is 3. The van der Waals surface area contributed by atoms with Crippen LogP contribution in [0, 0.1) is 5.82 Å². The third kappa shape index (κ3) is 8.20. The Bertz CT molecular complexity index is 1550. The number of rotatable bonds is 8. The number of piperazine rings is 1. The van der Waals surface area contributed by atoms with Gasteiger partial charge in [0.2, 0.25) is 6.93 Å². The molecule has 5 nitrogen and oxygen atoms in total. The molecule has 0 radical (unpaired) electrons. The van der Waals surface area contributed by atoms with Crippen molar-refractivity contribution < 1.29 is 31.1 Å². The second kappa shape index (κ2) is 15.4. The maximum absolute atomic E-state index is 13.6. The number of aromatic nitrogens is 1. The van der Waals surface area contributed by atoms with E-state index in [0.717, 1.165) is 28.1 Å². The molecule has 3 aromatic carbocycles. The van der Waals surface area contributed by atoms with E-state index in [1.54, 1.807) is 11.1 Å². The Morgan fingerprint density at radius 3 is 2.18 bits per heavy atom. The zero-order valence-corrected chi connectivity index (χ0v) is 25.2. The third-order valence-corrected chi connectivity index (χ3v) is 8.03. The van der Waals surface area contributed by atoms with Crippen LogP contribution in [0.4, 0.5) is 26.3 Å². The summed E-state index contributed by atoms with van der Waals surface area (Å²) in [5.74, 6) is -0.908. The molecule has 1 unspecified atom stereocenters. The molecule has 1 aliphatic rings. The van der Waals surface area contributed by atoms with Crippen LogP contribution in [0.5, 0.6) is 0 Å². The number of pyridine rings is 1. The normalized spacial score (nSPS) is 14.9. The lowest BCUT2D eigenvalue weighted by Gasteiger charge is -2.40. The standard InChI is InChI=1S/C33H34F4N4O.CH2F2/c1-3-40(4-2)32(42)25-12-10-24(11-13-25)31(28-9-5-7-23-8-6-16-38-30(23)28)41-19-17-39(18-20-41)22-26-14-15-27(34)21-29(26)33(35,36)37;2-1-3/h5-16,21,31H,3-4,17-20,22H2,1-2H3;1H2. The second-order valence-electron chi connectivity index (χ2n) is 10.6. The Hall–Kier alpha value is -3.96. The molecule has 0 N–H and O–H groups in total. The van der Waals surface area contributed by atoms with Gasteiger partial charge >= 0.3 is 6.18 Å². The predicted octanol–water partition coefficient (Wildman–Crippen LogP) is 7.66. The first kappa shape index (κ1) is 33.9. The van der Waals surface area contributed by atoms with Crippen molar-refractivity contribution in [2.75, 3.05) is 46.2 Å². The Morgan fingerprint density at radius 2 is 1.56 bits per heavy atom. The number of carbonyl (C=O) groups is 1. The summed E-state index contributed by atoms with van der Waals surface area (Å²) in [5.41, 5.74) is 2.70. The second-order valence-corrected chi connectivity index (χ2v) is 10.6. The minimum absolute atomic E-state index is 0.0115. The van der Waals surface area contributed by atoms with Crippen LogP contribution in [-0.2, 0) is 12.7 Å². The molecule has 0 bridgehead atoms. The van der Waals surface area contributed by atoms with Crippen LogP contribution in [0.25, 0.3) is 10.9 Å². The molecule has 1 amide bonds. The summed E-state index contributed by atoms with van der Waals surface area (Å²) in [6.07, 6.45) is -2.85. The molecule has 0 spiro atoms. The molecule has 0 saturated carbocycles. The van der Waals surface area contributed by atoms with Gasteiger partial charge in [0.15, 0.2) is 0 Å². The highest BCUT2D eigenvalue weighted by atomic mass is 19.4. The molecule has 5 rings (SSSR count). The lowest BCUT2D eigenvalue weighted by molar-refractivity contribution is -0.138. The number of halogens is 6. The van der Waals surface area contributed by atoms with E-state index in [1.807, 2.05) is 67.3 Å². The van der Waals surface area contributed by atoms with Crippen molar-refractivity contribution in [3.63, 3.8) is 0 Å². The van der Waals surface area contributed by atoms with Gasteiger partial charge in [-0.3, -0.25) is 19.6 Å². The van der Waals surface area contributed by atoms with Gasteiger partial charge in [0.25, 0.3) is 5.91 Å². The summed E-state index contributed by atoms with van der Waals surface area (Å²) >= 11 is 0. The SMILES string of the molecule is CCN(CC)C(=O)c1ccc(C(c2cccc3cccnc23)N2CCN(Cc3ccc(F)cc3C(F)(F)F)CC2)cc1.FCF. The fraction of sp³-hybridized carbons (Fsp3) is 0.353. The fourth-order valence-corrected chi connectivity index (χ4v) is 5.81. The highest BCUT2D eigenvalue weighted by molar-refractivity contribution is 5.94. The summed E-state index contributed by atoms with van der Waals surface area (Å²) in [6, 6.07) is 20.4. The summed E-state index contributed by atoms with van der Waals surface area (Å²) < 4.78 is 73.7. The molecule has 0 aliphatic carbocycles. The minimum atomic E-state index is -4.62. The van der Waals surface area contributed by atoms with Crippen molar-refractivity contribution in [2.45, 2.75) is 32.6 Å².